The van der Waals surface area contributed by atoms with Crippen LogP contribution in [0.1, 0.15) is 29.9 Å². The minimum absolute atomic E-state index is 0.116. The molecule has 0 amide bonds. The molecule has 1 aromatic heterocycles. The number of hydrogen-bond donors (Lipinski definition) is 2. The minimum atomic E-state index is -0.541. The molecule has 1 heterocycles. The van der Waals surface area contributed by atoms with Gasteiger partial charge in [0, 0.05) is 11.1 Å². The highest BCUT2D eigenvalue weighted by Gasteiger charge is 2.19. The number of esters is 1. The van der Waals surface area contributed by atoms with Crippen LogP contribution in [0.25, 0.3) is 11.3 Å². The van der Waals surface area contributed by atoms with Crippen LogP contribution in [0, 0.1) is 0 Å². The van der Waals surface area contributed by atoms with Crippen LogP contribution >= 0.6 is 0 Å². The number of aromatic amines is 1. The summed E-state index contributed by atoms with van der Waals surface area (Å²) in [6.45, 7) is 4.18. The monoisotopic (exact) mass is 291 g/mol. The highest BCUT2D eigenvalue weighted by molar-refractivity contribution is 5.93. The molecule has 112 valence electrons. The molecular weight excluding hydrogens is 274 g/mol. The summed E-state index contributed by atoms with van der Waals surface area (Å²) in [5, 5.41) is 19.6. The molecule has 0 saturated heterocycles. The molecule has 0 aliphatic carbocycles. The quantitative estimate of drug-likeness (QED) is 0.783. The Bertz CT molecular complexity index is 624. The van der Waals surface area contributed by atoms with Gasteiger partial charge in [-0.05, 0) is 32.0 Å². The molecule has 0 unspecified atom stereocenters. The molecule has 2 aromatic rings. The number of carbonyl (C=O) groups excluding carboxylic acids is 1. The first-order valence-corrected chi connectivity index (χ1v) is 6.66. The SMILES string of the molecule is CCOC(=O)c1n[nH]nc1-c1ccc(OCC)c(CO)c1. The van der Waals surface area contributed by atoms with Crippen molar-refractivity contribution in [3.8, 4) is 17.0 Å². The van der Waals surface area contributed by atoms with E-state index in [2.05, 4.69) is 15.4 Å². The highest BCUT2D eigenvalue weighted by Crippen LogP contribution is 2.27. The van der Waals surface area contributed by atoms with Crippen LogP contribution in [-0.4, -0.2) is 39.7 Å². The van der Waals surface area contributed by atoms with E-state index >= 15 is 0 Å². The molecule has 2 N–H and O–H groups in total. The molecule has 7 nitrogen and oxygen atoms in total. The van der Waals surface area contributed by atoms with Crippen molar-refractivity contribution in [1.29, 1.82) is 0 Å². The van der Waals surface area contributed by atoms with Crippen molar-refractivity contribution in [3.05, 3.63) is 29.5 Å². The average molecular weight is 291 g/mol. The standard InChI is InChI=1S/C14H17N3O4/c1-3-20-11-6-5-9(7-10(11)8-18)12-13(16-17-15-12)14(19)21-4-2/h5-7,18H,3-4,8H2,1-2H3,(H,15,16,17). The van der Waals surface area contributed by atoms with Crippen LogP contribution in [0.3, 0.4) is 0 Å². The summed E-state index contributed by atoms with van der Waals surface area (Å²) in [5.41, 5.74) is 1.77. The maximum atomic E-state index is 11.8. The van der Waals surface area contributed by atoms with E-state index in [-0.39, 0.29) is 18.9 Å². The molecule has 0 atom stereocenters. The van der Waals surface area contributed by atoms with Crippen molar-refractivity contribution in [2.24, 2.45) is 0 Å². The molecule has 1 aromatic carbocycles. The largest absolute Gasteiger partial charge is 0.494 e. The van der Waals surface area contributed by atoms with Gasteiger partial charge in [-0.1, -0.05) is 0 Å². The molecule has 0 aliphatic rings. The molecule has 0 spiro atoms. The van der Waals surface area contributed by atoms with Gasteiger partial charge >= 0.3 is 5.97 Å². The Labute approximate surface area is 121 Å². The zero-order valence-corrected chi connectivity index (χ0v) is 11.9. The number of aliphatic hydroxyl groups is 1. The topological polar surface area (TPSA) is 97.3 Å². The lowest BCUT2D eigenvalue weighted by atomic mass is 10.1. The summed E-state index contributed by atoms with van der Waals surface area (Å²) in [6.07, 6.45) is 0. The van der Waals surface area contributed by atoms with Crippen molar-refractivity contribution < 1.29 is 19.4 Å². The number of nitrogens with one attached hydrogen (secondary N) is 1. The lowest BCUT2D eigenvalue weighted by Crippen LogP contribution is -2.07. The van der Waals surface area contributed by atoms with Gasteiger partial charge in [-0.2, -0.15) is 10.3 Å². The van der Waals surface area contributed by atoms with Crippen molar-refractivity contribution >= 4 is 5.97 Å². The molecule has 0 bridgehead atoms. The first kappa shape index (κ1) is 15.0. The van der Waals surface area contributed by atoms with E-state index in [4.69, 9.17) is 9.47 Å². The van der Waals surface area contributed by atoms with Crippen LogP contribution in [0.2, 0.25) is 0 Å². The highest BCUT2D eigenvalue weighted by atomic mass is 16.5. The Morgan fingerprint density at radius 1 is 1.29 bits per heavy atom. The fraction of sp³-hybridized carbons (Fsp3) is 0.357. The number of H-pyrrole nitrogens is 1. The number of hydrogen-bond acceptors (Lipinski definition) is 6. The van der Waals surface area contributed by atoms with Gasteiger partial charge in [0.2, 0.25) is 0 Å². The fourth-order valence-corrected chi connectivity index (χ4v) is 1.92. The fourth-order valence-electron chi connectivity index (χ4n) is 1.92. The zero-order chi connectivity index (χ0) is 15.2. The Morgan fingerprint density at radius 2 is 2.10 bits per heavy atom. The molecule has 2 rings (SSSR count). The maximum absolute atomic E-state index is 11.8. The summed E-state index contributed by atoms with van der Waals surface area (Å²) in [4.78, 5) is 11.8. The predicted molar refractivity (Wildman–Crippen MR) is 74.9 cm³/mol. The predicted octanol–water partition coefficient (Wildman–Crippen LogP) is 1.54. The maximum Gasteiger partial charge on any atom is 0.361 e. The Morgan fingerprint density at radius 3 is 2.76 bits per heavy atom. The first-order valence-electron chi connectivity index (χ1n) is 6.66. The number of carbonyl (C=O) groups is 1. The van der Waals surface area contributed by atoms with Gasteiger partial charge in [0.1, 0.15) is 11.4 Å². The third kappa shape index (κ3) is 3.19. The summed E-state index contributed by atoms with van der Waals surface area (Å²) in [6, 6.07) is 5.20. The summed E-state index contributed by atoms with van der Waals surface area (Å²) in [7, 11) is 0. The van der Waals surface area contributed by atoms with Gasteiger partial charge in [-0.15, -0.1) is 5.10 Å². The summed E-state index contributed by atoms with van der Waals surface area (Å²) in [5.74, 6) is 0.0608. The van der Waals surface area contributed by atoms with Crippen LogP contribution in [-0.2, 0) is 11.3 Å². The number of aromatic nitrogens is 3. The van der Waals surface area contributed by atoms with Crippen LogP contribution in [0.5, 0.6) is 5.75 Å². The van der Waals surface area contributed by atoms with E-state index < -0.39 is 5.97 Å². The molecule has 0 aliphatic heterocycles. The number of benzene rings is 1. The second-order valence-corrected chi connectivity index (χ2v) is 4.15. The molecule has 7 heteroatoms. The third-order valence-corrected chi connectivity index (χ3v) is 2.82. The van der Waals surface area contributed by atoms with E-state index in [1.807, 2.05) is 6.92 Å². The van der Waals surface area contributed by atoms with Crippen molar-refractivity contribution in [2.75, 3.05) is 13.2 Å². The van der Waals surface area contributed by atoms with Gasteiger partial charge in [-0.25, -0.2) is 4.79 Å². The molecule has 0 radical (unpaired) electrons. The Balaban J connectivity index is 2.39. The number of rotatable bonds is 6. The van der Waals surface area contributed by atoms with E-state index in [9.17, 15) is 9.90 Å². The van der Waals surface area contributed by atoms with E-state index in [1.165, 1.54) is 0 Å². The molecule has 0 fully saturated rings. The molecule has 21 heavy (non-hydrogen) atoms. The van der Waals surface area contributed by atoms with E-state index in [0.717, 1.165) is 0 Å². The number of aliphatic hydroxyl groups excluding tert-OH is 1. The number of nitrogens with zero attached hydrogens (tertiary/aromatic N) is 2. The average Bonchev–Trinajstić information content (AvgIpc) is 2.98. The first-order chi connectivity index (χ1) is 10.2. The lowest BCUT2D eigenvalue weighted by molar-refractivity contribution is 0.0520. The zero-order valence-electron chi connectivity index (χ0n) is 11.9. The normalized spacial score (nSPS) is 10.4. The van der Waals surface area contributed by atoms with Gasteiger partial charge < -0.3 is 14.6 Å². The van der Waals surface area contributed by atoms with Crippen molar-refractivity contribution in [1.82, 2.24) is 15.4 Å². The smallest absolute Gasteiger partial charge is 0.361 e. The Hall–Kier alpha value is -2.41. The van der Waals surface area contributed by atoms with Crippen LogP contribution < -0.4 is 4.74 Å². The molecular formula is C14H17N3O4. The second kappa shape index (κ2) is 6.85. The van der Waals surface area contributed by atoms with Gasteiger partial charge in [-0.3, -0.25) is 0 Å². The van der Waals surface area contributed by atoms with Gasteiger partial charge in [0.05, 0.1) is 19.8 Å². The van der Waals surface area contributed by atoms with E-state index in [1.54, 1.807) is 25.1 Å². The van der Waals surface area contributed by atoms with Crippen molar-refractivity contribution in [2.45, 2.75) is 20.5 Å². The number of ether oxygens (including phenoxy) is 2. The Kier molecular flexibility index (Phi) is 4.89. The minimum Gasteiger partial charge on any atom is -0.494 e. The molecule has 0 saturated carbocycles. The third-order valence-electron chi connectivity index (χ3n) is 2.82. The van der Waals surface area contributed by atoms with Gasteiger partial charge in [0.25, 0.3) is 0 Å². The lowest BCUT2D eigenvalue weighted by Gasteiger charge is -2.09. The summed E-state index contributed by atoms with van der Waals surface area (Å²) < 4.78 is 10.4. The van der Waals surface area contributed by atoms with Gasteiger partial charge in [0.15, 0.2) is 5.69 Å². The summed E-state index contributed by atoms with van der Waals surface area (Å²) >= 11 is 0. The van der Waals surface area contributed by atoms with E-state index in [0.29, 0.717) is 29.2 Å². The van der Waals surface area contributed by atoms with Crippen LogP contribution in [0.15, 0.2) is 18.2 Å². The second-order valence-electron chi connectivity index (χ2n) is 4.15. The van der Waals surface area contributed by atoms with Crippen molar-refractivity contribution in [3.63, 3.8) is 0 Å². The van der Waals surface area contributed by atoms with Crippen LogP contribution in [0.4, 0.5) is 0 Å².